The molecule has 0 fully saturated rings. The molecule has 0 saturated carbocycles. The molecule has 0 saturated heterocycles. The lowest BCUT2D eigenvalue weighted by Crippen LogP contribution is -2.24. The highest BCUT2D eigenvalue weighted by Crippen LogP contribution is 2.41. The van der Waals surface area contributed by atoms with Crippen molar-refractivity contribution in [1.82, 2.24) is 15.0 Å². The number of nitriles is 1. The molecule has 1 N–H and O–H groups in total. The van der Waals surface area contributed by atoms with Crippen molar-refractivity contribution in [2.24, 2.45) is 5.41 Å². The van der Waals surface area contributed by atoms with Crippen LogP contribution in [0.5, 0.6) is 0 Å². The first-order chi connectivity index (χ1) is 18.0. The molecule has 2 aliphatic carbocycles. The topological polar surface area (TPSA) is 86.3 Å². The minimum absolute atomic E-state index is 0.409. The zero-order chi connectivity index (χ0) is 25.8. The van der Waals surface area contributed by atoms with Crippen LogP contribution in [-0.2, 0) is 12.8 Å². The van der Waals surface area contributed by atoms with Gasteiger partial charge in [-0.1, -0.05) is 46.3 Å². The van der Waals surface area contributed by atoms with E-state index in [9.17, 15) is 5.26 Å². The first kappa shape index (κ1) is 25.2. The average Bonchev–Trinajstić information content (AvgIpc) is 2.90. The van der Waals surface area contributed by atoms with Crippen LogP contribution in [0.3, 0.4) is 0 Å². The summed E-state index contributed by atoms with van der Waals surface area (Å²) >= 11 is 3.63. The molecule has 186 valence electrons. The molecule has 5 rings (SSSR count). The summed E-state index contributed by atoms with van der Waals surface area (Å²) in [7, 11) is 0. The second kappa shape index (κ2) is 10.9. The molecule has 2 heterocycles. The highest BCUT2D eigenvalue weighted by Gasteiger charge is 2.33. The lowest BCUT2D eigenvalue weighted by Gasteiger charge is -2.30. The van der Waals surface area contributed by atoms with Crippen molar-refractivity contribution >= 4 is 33.3 Å². The predicted octanol–water partition coefficient (Wildman–Crippen LogP) is 7.44. The maximum Gasteiger partial charge on any atom is 0.109 e. The van der Waals surface area contributed by atoms with E-state index in [0.29, 0.717) is 17.8 Å². The Balaban J connectivity index is 1.36. The quantitative estimate of drug-likeness (QED) is 0.333. The largest absolute Gasteiger partial charge is 0.298 e. The summed E-state index contributed by atoms with van der Waals surface area (Å²) in [5, 5.41) is 19.0. The number of allylic oxidation sites excluding steroid dienone is 3. The smallest absolute Gasteiger partial charge is 0.109 e. The van der Waals surface area contributed by atoms with Gasteiger partial charge < -0.3 is 0 Å². The van der Waals surface area contributed by atoms with Crippen molar-refractivity contribution in [3.63, 3.8) is 0 Å². The van der Waals surface area contributed by atoms with E-state index < -0.39 is 5.41 Å². The van der Waals surface area contributed by atoms with Crippen molar-refractivity contribution < 1.29 is 0 Å². The van der Waals surface area contributed by atoms with Crippen LogP contribution in [0.1, 0.15) is 72.4 Å². The molecule has 0 amide bonds. The predicted molar refractivity (Wildman–Crippen MR) is 151 cm³/mol. The zero-order valence-corrected chi connectivity index (χ0v) is 22.7. The van der Waals surface area contributed by atoms with Crippen LogP contribution in [0.4, 0.5) is 0 Å². The zero-order valence-electron chi connectivity index (χ0n) is 21.1. The van der Waals surface area contributed by atoms with E-state index in [1.165, 1.54) is 5.56 Å². The molecular formula is C31H30BrN5. The fraction of sp³-hybridized carbons (Fsp3) is 0.323. The second-order valence-corrected chi connectivity index (χ2v) is 10.9. The first-order valence-corrected chi connectivity index (χ1v) is 13.7. The Kier molecular flexibility index (Phi) is 7.43. The van der Waals surface area contributed by atoms with Crippen molar-refractivity contribution in [3.8, 4) is 6.07 Å². The summed E-state index contributed by atoms with van der Waals surface area (Å²) in [6.07, 6.45) is 14.8. The summed E-state index contributed by atoms with van der Waals surface area (Å²) in [6.45, 7) is 1.94. The average molecular weight is 553 g/mol. The summed E-state index contributed by atoms with van der Waals surface area (Å²) in [4.78, 5) is 14.1. The summed E-state index contributed by atoms with van der Waals surface area (Å²) < 4.78 is 1.05. The number of rotatable bonds is 5. The van der Waals surface area contributed by atoms with Crippen LogP contribution in [0.25, 0.3) is 11.6 Å². The van der Waals surface area contributed by atoms with Crippen molar-refractivity contribution in [1.29, 1.82) is 10.7 Å². The molecule has 2 aliphatic rings. The third-order valence-corrected chi connectivity index (χ3v) is 8.31. The van der Waals surface area contributed by atoms with Gasteiger partial charge in [0.05, 0.1) is 34.8 Å². The van der Waals surface area contributed by atoms with Crippen LogP contribution < -0.4 is 0 Å². The number of halogens is 1. The minimum Gasteiger partial charge on any atom is -0.298 e. The van der Waals surface area contributed by atoms with Gasteiger partial charge in [0.2, 0.25) is 0 Å². The van der Waals surface area contributed by atoms with Gasteiger partial charge in [0.15, 0.2) is 0 Å². The molecule has 1 atom stereocenters. The highest BCUT2D eigenvalue weighted by molar-refractivity contribution is 9.10. The maximum absolute atomic E-state index is 10.1. The fourth-order valence-electron chi connectivity index (χ4n) is 5.33. The second-order valence-electron chi connectivity index (χ2n) is 10.1. The molecule has 3 aromatic rings. The van der Waals surface area contributed by atoms with E-state index in [0.717, 1.165) is 83.2 Å². The lowest BCUT2D eigenvalue weighted by atomic mass is 9.72. The number of hydrogen-bond donors (Lipinski definition) is 1. The van der Waals surface area contributed by atoms with Gasteiger partial charge in [-0.05, 0) is 98.8 Å². The number of nitrogens with one attached hydrogen (secondary N) is 1. The number of aromatic nitrogens is 3. The first-order valence-electron chi connectivity index (χ1n) is 12.9. The number of pyridine rings is 1. The van der Waals surface area contributed by atoms with Gasteiger partial charge in [-0.25, -0.2) is 4.98 Å². The number of hydrogen-bond acceptors (Lipinski definition) is 5. The lowest BCUT2D eigenvalue weighted by molar-refractivity contribution is 0.359. The Morgan fingerprint density at radius 2 is 1.95 bits per heavy atom. The molecular weight excluding hydrogens is 522 g/mol. The standard InChI is InChI=1S/C31H30BrN5/c1-21-30(29(34)24-7-3-5-11-27-23(17-24)9-6-16-35-27)36-19-28(37-21)22-12-14-31(20-33,15-13-22)18-25-8-2-4-10-26(25)32/h2,4,6,8-10,12,16-17,19,34H,3,5,7,11,13-15,18H2,1H3/b24-17-,34-29?. The highest BCUT2D eigenvalue weighted by atomic mass is 79.9. The number of aryl methyl sites for hydroxylation is 2. The third-order valence-electron chi connectivity index (χ3n) is 7.53. The minimum atomic E-state index is -0.409. The monoisotopic (exact) mass is 551 g/mol. The van der Waals surface area contributed by atoms with E-state index in [4.69, 9.17) is 15.4 Å². The number of benzene rings is 1. The molecule has 1 aromatic carbocycles. The Morgan fingerprint density at radius 1 is 1.11 bits per heavy atom. The van der Waals surface area contributed by atoms with E-state index >= 15 is 0 Å². The van der Waals surface area contributed by atoms with E-state index in [2.05, 4.69) is 51.3 Å². The Bertz CT molecular complexity index is 1450. The van der Waals surface area contributed by atoms with E-state index in [-0.39, 0.29) is 0 Å². The van der Waals surface area contributed by atoms with Gasteiger partial charge in [0, 0.05) is 16.4 Å². The fourth-order valence-corrected chi connectivity index (χ4v) is 5.75. The number of nitrogens with zero attached hydrogens (tertiary/aromatic N) is 4. The summed E-state index contributed by atoms with van der Waals surface area (Å²) in [6, 6.07) is 14.8. The molecule has 6 heteroatoms. The Labute approximate surface area is 227 Å². The van der Waals surface area contributed by atoms with Gasteiger partial charge in [-0.3, -0.25) is 15.4 Å². The number of fused-ring (bicyclic) bond motifs is 1. The SMILES string of the molecule is Cc1nc(C2=CCC(C#N)(Cc3ccccc3Br)CC2)cnc1C(=N)/C1=C\c2cccnc2CCCC1. The van der Waals surface area contributed by atoms with Crippen molar-refractivity contribution in [3.05, 3.63) is 98.8 Å². The Hall–Kier alpha value is -3.43. The third kappa shape index (κ3) is 5.47. The van der Waals surface area contributed by atoms with Crippen LogP contribution in [0.2, 0.25) is 0 Å². The molecule has 37 heavy (non-hydrogen) atoms. The van der Waals surface area contributed by atoms with E-state index in [1.54, 1.807) is 6.20 Å². The molecule has 0 aliphatic heterocycles. The van der Waals surface area contributed by atoms with Gasteiger partial charge >= 0.3 is 0 Å². The van der Waals surface area contributed by atoms with Gasteiger partial charge in [-0.2, -0.15) is 5.26 Å². The van der Waals surface area contributed by atoms with Crippen LogP contribution in [0.15, 0.2) is 64.9 Å². The van der Waals surface area contributed by atoms with E-state index in [1.807, 2.05) is 37.4 Å². The molecule has 0 spiro atoms. The molecule has 5 nitrogen and oxygen atoms in total. The van der Waals surface area contributed by atoms with Gasteiger partial charge in [0.25, 0.3) is 0 Å². The van der Waals surface area contributed by atoms with Crippen LogP contribution >= 0.6 is 15.9 Å². The van der Waals surface area contributed by atoms with Gasteiger partial charge in [-0.15, -0.1) is 0 Å². The Morgan fingerprint density at radius 3 is 2.70 bits per heavy atom. The molecule has 0 bridgehead atoms. The van der Waals surface area contributed by atoms with Crippen LogP contribution in [0, 0.1) is 29.1 Å². The maximum atomic E-state index is 10.1. The summed E-state index contributed by atoms with van der Waals surface area (Å²) in [5.41, 5.74) is 7.78. The van der Waals surface area contributed by atoms with Crippen molar-refractivity contribution in [2.45, 2.75) is 58.3 Å². The van der Waals surface area contributed by atoms with Gasteiger partial charge in [0.1, 0.15) is 5.69 Å². The van der Waals surface area contributed by atoms with Crippen molar-refractivity contribution in [2.75, 3.05) is 0 Å². The normalized spacial score (nSPS) is 20.9. The molecule has 1 unspecified atom stereocenters. The van der Waals surface area contributed by atoms with Crippen LogP contribution in [-0.4, -0.2) is 20.7 Å². The molecule has 0 radical (unpaired) electrons. The molecule has 2 aromatic heterocycles. The summed E-state index contributed by atoms with van der Waals surface area (Å²) in [5.74, 6) is 0.